The minimum Gasteiger partial charge on any atom is -0.426 e. The molecule has 1 amide bonds. The van der Waals surface area contributed by atoms with E-state index < -0.39 is 5.63 Å². The molecule has 4 rings (SSSR count). The van der Waals surface area contributed by atoms with Crippen LogP contribution in [0.3, 0.4) is 0 Å². The van der Waals surface area contributed by atoms with Crippen molar-refractivity contribution >= 4 is 33.6 Å². The van der Waals surface area contributed by atoms with Gasteiger partial charge in [0.2, 0.25) is 0 Å². The number of hydrogen-bond donors (Lipinski definition) is 1. The van der Waals surface area contributed by atoms with E-state index in [2.05, 4.69) is 22.2 Å². The number of carbonyl (C=O) groups excluding carboxylic acids is 2. The van der Waals surface area contributed by atoms with Gasteiger partial charge in [0.1, 0.15) is 11.3 Å². The third-order valence-corrected chi connectivity index (χ3v) is 5.78. The van der Waals surface area contributed by atoms with Crippen LogP contribution in [0.1, 0.15) is 23.7 Å². The first-order valence-electron chi connectivity index (χ1n) is 10.8. The Morgan fingerprint density at radius 3 is 2.53 bits per heavy atom. The molecule has 2 aromatic carbocycles. The summed E-state index contributed by atoms with van der Waals surface area (Å²) < 4.78 is 10.6. The predicted octanol–water partition coefficient (Wildman–Crippen LogP) is 2.24. The van der Waals surface area contributed by atoms with Crippen LogP contribution in [-0.4, -0.2) is 68.0 Å². The zero-order valence-electron chi connectivity index (χ0n) is 18.3. The first kappa shape index (κ1) is 22.0. The van der Waals surface area contributed by atoms with E-state index in [1.54, 1.807) is 37.3 Å². The van der Waals surface area contributed by atoms with E-state index in [1.807, 2.05) is 0 Å². The second-order valence-corrected chi connectivity index (χ2v) is 8.04. The monoisotopic (exact) mass is 437 g/mol. The van der Waals surface area contributed by atoms with E-state index in [0.717, 1.165) is 32.7 Å². The lowest BCUT2D eigenvalue weighted by Gasteiger charge is -2.32. The first-order chi connectivity index (χ1) is 15.4. The number of esters is 1. The fraction of sp³-hybridized carbons (Fsp3) is 0.375. The Morgan fingerprint density at radius 2 is 1.78 bits per heavy atom. The second-order valence-electron chi connectivity index (χ2n) is 8.04. The zero-order valence-corrected chi connectivity index (χ0v) is 18.3. The van der Waals surface area contributed by atoms with Crippen molar-refractivity contribution in [2.45, 2.75) is 13.3 Å². The van der Waals surface area contributed by atoms with Crippen LogP contribution in [0.25, 0.3) is 21.7 Å². The number of piperazine rings is 1. The number of nitrogens with one attached hydrogen (secondary N) is 1. The molecule has 0 atom stereocenters. The van der Waals surface area contributed by atoms with Gasteiger partial charge in [0, 0.05) is 62.7 Å². The molecule has 1 saturated heterocycles. The fourth-order valence-electron chi connectivity index (χ4n) is 3.82. The lowest BCUT2D eigenvalue weighted by atomic mass is 10.0. The van der Waals surface area contributed by atoms with Crippen molar-refractivity contribution in [3.63, 3.8) is 0 Å². The normalized spacial score (nSPS) is 15.2. The van der Waals surface area contributed by atoms with Crippen LogP contribution in [0.2, 0.25) is 0 Å². The lowest BCUT2D eigenvalue weighted by molar-refractivity contribution is -0.134. The Morgan fingerprint density at radius 1 is 1.03 bits per heavy atom. The van der Waals surface area contributed by atoms with E-state index in [9.17, 15) is 14.4 Å². The SMILES string of the molecule is CCC(=O)Oc1ccc2c(c1)oc(=O)c1cc(C(=O)NCCN3CCN(C)CC3)ccc12. The molecule has 32 heavy (non-hydrogen) atoms. The van der Waals surface area contributed by atoms with E-state index >= 15 is 0 Å². The number of likely N-dealkylation sites (N-methyl/N-ethyl adjacent to an activating group) is 1. The maximum absolute atomic E-state index is 12.6. The van der Waals surface area contributed by atoms with Crippen molar-refractivity contribution in [1.82, 2.24) is 15.1 Å². The molecule has 0 spiro atoms. The van der Waals surface area contributed by atoms with Crippen LogP contribution in [0.4, 0.5) is 0 Å². The van der Waals surface area contributed by atoms with Gasteiger partial charge in [0.15, 0.2) is 0 Å². The summed E-state index contributed by atoms with van der Waals surface area (Å²) in [7, 11) is 2.11. The van der Waals surface area contributed by atoms with E-state index in [0.29, 0.717) is 39.6 Å². The highest BCUT2D eigenvalue weighted by Crippen LogP contribution is 2.27. The summed E-state index contributed by atoms with van der Waals surface area (Å²) >= 11 is 0. The third kappa shape index (κ3) is 4.81. The molecule has 3 aromatic rings. The summed E-state index contributed by atoms with van der Waals surface area (Å²) in [4.78, 5) is 41.3. The Balaban J connectivity index is 1.50. The topological polar surface area (TPSA) is 92.1 Å². The number of rotatable bonds is 6. The van der Waals surface area contributed by atoms with Gasteiger partial charge in [-0.05, 0) is 36.7 Å². The van der Waals surface area contributed by atoms with Crippen molar-refractivity contribution in [2.75, 3.05) is 46.3 Å². The number of nitrogens with zero attached hydrogens (tertiary/aromatic N) is 2. The van der Waals surface area contributed by atoms with E-state index in [-0.39, 0.29) is 18.3 Å². The number of hydrogen-bond acceptors (Lipinski definition) is 7. The number of carbonyl (C=O) groups is 2. The maximum atomic E-state index is 12.6. The summed E-state index contributed by atoms with van der Waals surface area (Å²) in [6.45, 7) is 7.11. The van der Waals surface area contributed by atoms with Crippen LogP contribution in [-0.2, 0) is 4.79 Å². The molecule has 0 unspecified atom stereocenters. The van der Waals surface area contributed by atoms with Gasteiger partial charge in [0.05, 0.1) is 5.39 Å². The standard InChI is InChI=1S/C24H27N3O5/c1-3-22(28)31-17-5-7-19-18-6-4-16(14-20(18)24(30)32-21(19)15-17)23(29)25-8-9-27-12-10-26(2)11-13-27/h4-7,14-15H,3,8-13H2,1-2H3,(H,25,29). The largest absolute Gasteiger partial charge is 0.426 e. The van der Waals surface area contributed by atoms with Gasteiger partial charge in [-0.1, -0.05) is 13.0 Å². The molecule has 8 heteroatoms. The lowest BCUT2D eigenvalue weighted by Crippen LogP contribution is -2.46. The summed E-state index contributed by atoms with van der Waals surface area (Å²) in [6, 6.07) is 9.96. The van der Waals surface area contributed by atoms with Gasteiger partial charge >= 0.3 is 11.6 Å². The van der Waals surface area contributed by atoms with Crippen LogP contribution in [0.5, 0.6) is 5.75 Å². The number of amides is 1. The minimum atomic E-state index is -0.543. The summed E-state index contributed by atoms with van der Waals surface area (Å²) in [5.74, 6) is -0.263. The molecule has 0 aliphatic carbocycles. The third-order valence-electron chi connectivity index (χ3n) is 5.78. The highest BCUT2D eigenvalue weighted by Gasteiger charge is 2.15. The average Bonchev–Trinajstić information content (AvgIpc) is 2.80. The van der Waals surface area contributed by atoms with Crippen LogP contribution in [0, 0.1) is 0 Å². The first-order valence-corrected chi connectivity index (χ1v) is 10.8. The second kappa shape index (κ2) is 9.50. The molecule has 1 N–H and O–H groups in total. The summed E-state index contributed by atoms with van der Waals surface area (Å²) in [5, 5.41) is 4.66. The number of fused-ring (bicyclic) bond motifs is 3. The molecule has 0 radical (unpaired) electrons. The van der Waals surface area contributed by atoms with E-state index in [4.69, 9.17) is 9.15 Å². The smallest absolute Gasteiger partial charge is 0.344 e. The Kier molecular flexibility index (Phi) is 6.53. The fourth-order valence-corrected chi connectivity index (χ4v) is 3.82. The predicted molar refractivity (Wildman–Crippen MR) is 122 cm³/mol. The van der Waals surface area contributed by atoms with Crippen LogP contribution >= 0.6 is 0 Å². The van der Waals surface area contributed by atoms with Gasteiger partial charge in [-0.2, -0.15) is 0 Å². The molecule has 1 aliphatic rings. The quantitative estimate of drug-likeness (QED) is 0.274. The molecule has 2 heterocycles. The van der Waals surface area contributed by atoms with Crippen molar-refractivity contribution in [3.8, 4) is 5.75 Å². The van der Waals surface area contributed by atoms with Gasteiger partial charge in [-0.25, -0.2) is 4.79 Å². The van der Waals surface area contributed by atoms with Crippen molar-refractivity contribution in [2.24, 2.45) is 0 Å². The molecular formula is C24H27N3O5. The molecule has 1 aromatic heterocycles. The maximum Gasteiger partial charge on any atom is 0.344 e. The number of ether oxygens (including phenoxy) is 1. The van der Waals surface area contributed by atoms with Crippen molar-refractivity contribution < 1.29 is 18.7 Å². The molecule has 8 nitrogen and oxygen atoms in total. The zero-order chi connectivity index (χ0) is 22.7. The van der Waals surface area contributed by atoms with Gasteiger partial charge in [-0.3, -0.25) is 14.5 Å². The Bertz CT molecular complexity index is 1210. The molecule has 1 fully saturated rings. The van der Waals surface area contributed by atoms with Gasteiger partial charge in [0.25, 0.3) is 5.91 Å². The molecule has 1 aliphatic heterocycles. The Hall–Kier alpha value is -3.23. The number of benzene rings is 2. The van der Waals surface area contributed by atoms with Gasteiger partial charge < -0.3 is 19.4 Å². The Labute approximate surface area is 185 Å². The summed E-state index contributed by atoms with van der Waals surface area (Å²) in [6.07, 6.45) is 0.250. The molecule has 0 saturated carbocycles. The van der Waals surface area contributed by atoms with Crippen LogP contribution < -0.4 is 15.7 Å². The average molecular weight is 437 g/mol. The highest BCUT2D eigenvalue weighted by molar-refractivity contribution is 6.07. The van der Waals surface area contributed by atoms with Gasteiger partial charge in [-0.15, -0.1) is 0 Å². The van der Waals surface area contributed by atoms with Crippen LogP contribution in [0.15, 0.2) is 45.6 Å². The molecule has 168 valence electrons. The molecule has 0 bridgehead atoms. The van der Waals surface area contributed by atoms with Crippen molar-refractivity contribution in [3.05, 3.63) is 52.4 Å². The minimum absolute atomic E-state index is 0.220. The van der Waals surface area contributed by atoms with E-state index in [1.165, 1.54) is 6.07 Å². The summed E-state index contributed by atoms with van der Waals surface area (Å²) in [5.41, 5.74) is 0.197. The van der Waals surface area contributed by atoms with Crippen molar-refractivity contribution in [1.29, 1.82) is 0 Å². The highest BCUT2D eigenvalue weighted by atomic mass is 16.5. The molecular weight excluding hydrogens is 410 g/mol.